The van der Waals surface area contributed by atoms with Gasteiger partial charge in [-0.3, -0.25) is 0 Å². The number of nitrogens with one attached hydrogen (secondary N) is 1. The topological polar surface area (TPSA) is 12.0 Å². The molecule has 1 aromatic rings. The van der Waals surface area contributed by atoms with Crippen LogP contribution in [0.4, 0.5) is 5.69 Å². The maximum Gasteiger partial charge on any atom is 0.0495 e. The van der Waals surface area contributed by atoms with E-state index in [2.05, 4.69) is 43.1 Å². The Morgan fingerprint density at radius 1 is 1.36 bits per heavy atom. The molecule has 1 aromatic carbocycles. The summed E-state index contributed by atoms with van der Waals surface area (Å²) >= 11 is 6.90. The first-order valence-corrected chi connectivity index (χ1v) is 5.95. The molecule has 3 heteroatoms. The largest absolute Gasteiger partial charge is 0.384 e. The predicted octanol–water partition coefficient (Wildman–Crippen LogP) is 4.04. The lowest BCUT2D eigenvalue weighted by atomic mass is 10.3. The molecule has 0 bridgehead atoms. The highest BCUT2D eigenvalue weighted by Crippen LogP contribution is 2.25. The summed E-state index contributed by atoms with van der Waals surface area (Å²) in [6.07, 6.45) is 6.98. The van der Waals surface area contributed by atoms with Crippen molar-refractivity contribution in [1.82, 2.24) is 0 Å². The van der Waals surface area contributed by atoms with E-state index >= 15 is 0 Å². The van der Waals surface area contributed by atoms with Gasteiger partial charge in [0.25, 0.3) is 0 Å². The Morgan fingerprint density at radius 2 is 2.14 bits per heavy atom. The molecule has 0 aliphatic carbocycles. The van der Waals surface area contributed by atoms with Crippen LogP contribution >= 0.6 is 31.9 Å². The Bertz CT molecular complexity index is 342. The average molecular weight is 317 g/mol. The van der Waals surface area contributed by atoms with Crippen molar-refractivity contribution in [3.63, 3.8) is 0 Å². The van der Waals surface area contributed by atoms with Crippen LogP contribution in [-0.2, 0) is 0 Å². The van der Waals surface area contributed by atoms with Crippen LogP contribution in [0.15, 0.2) is 27.1 Å². The van der Waals surface area contributed by atoms with E-state index in [0.29, 0.717) is 0 Å². The van der Waals surface area contributed by atoms with E-state index in [4.69, 9.17) is 6.42 Å². The smallest absolute Gasteiger partial charge is 0.0495 e. The zero-order valence-electron chi connectivity index (χ0n) is 7.69. The fourth-order valence-corrected chi connectivity index (χ4v) is 1.79. The summed E-state index contributed by atoms with van der Waals surface area (Å²) in [5, 5.41) is 3.32. The van der Waals surface area contributed by atoms with Gasteiger partial charge < -0.3 is 5.32 Å². The Hall–Kier alpha value is -0.460. The van der Waals surface area contributed by atoms with Crippen molar-refractivity contribution in [3.05, 3.63) is 27.1 Å². The van der Waals surface area contributed by atoms with Gasteiger partial charge in [-0.2, -0.15) is 0 Å². The summed E-state index contributed by atoms with van der Waals surface area (Å²) in [4.78, 5) is 0. The Balaban J connectivity index is 2.50. The van der Waals surface area contributed by atoms with Gasteiger partial charge in [0.15, 0.2) is 0 Å². The number of hydrogen-bond acceptors (Lipinski definition) is 1. The lowest BCUT2D eigenvalue weighted by Crippen LogP contribution is -2.01. The Morgan fingerprint density at radius 3 is 2.86 bits per heavy atom. The number of halogens is 2. The van der Waals surface area contributed by atoms with E-state index < -0.39 is 0 Å². The molecule has 0 radical (unpaired) electrons. The molecule has 1 N–H and O–H groups in total. The van der Waals surface area contributed by atoms with Gasteiger partial charge in [0.1, 0.15) is 0 Å². The molecular formula is C11H11Br2N. The average Bonchev–Trinajstić information content (AvgIpc) is 2.18. The van der Waals surface area contributed by atoms with Gasteiger partial charge >= 0.3 is 0 Å². The van der Waals surface area contributed by atoms with E-state index in [0.717, 1.165) is 34.0 Å². The highest BCUT2D eigenvalue weighted by Gasteiger charge is 1.98. The minimum atomic E-state index is 0.818. The zero-order valence-corrected chi connectivity index (χ0v) is 10.9. The van der Waals surface area contributed by atoms with Crippen molar-refractivity contribution in [3.8, 4) is 12.3 Å². The number of hydrogen-bond donors (Lipinski definition) is 1. The molecule has 0 spiro atoms. The van der Waals surface area contributed by atoms with Gasteiger partial charge in [-0.05, 0) is 40.5 Å². The van der Waals surface area contributed by atoms with E-state index in [1.807, 2.05) is 18.2 Å². The Labute approximate surface area is 102 Å². The maximum absolute atomic E-state index is 5.17. The van der Waals surface area contributed by atoms with Gasteiger partial charge in [0.05, 0.1) is 0 Å². The Kier molecular flexibility index (Phi) is 5.06. The molecule has 1 nitrogen and oxygen atoms in total. The second-order valence-electron chi connectivity index (χ2n) is 2.86. The summed E-state index contributed by atoms with van der Waals surface area (Å²) in [7, 11) is 0. The molecule has 0 aromatic heterocycles. The van der Waals surface area contributed by atoms with Crippen molar-refractivity contribution >= 4 is 37.5 Å². The molecule has 0 saturated heterocycles. The van der Waals surface area contributed by atoms with Crippen LogP contribution in [0.25, 0.3) is 0 Å². The van der Waals surface area contributed by atoms with Crippen molar-refractivity contribution in [2.75, 3.05) is 11.9 Å². The second kappa shape index (κ2) is 6.10. The van der Waals surface area contributed by atoms with E-state index in [1.54, 1.807) is 0 Å². The van der Waals surface area contributed by atoms with Crippen LogP contribution < -0.4 is 5.32 Å². The molecule has 0 fully saturated rings. The van der Waals surface area contributed by atoms with Crippen LogP contribution in [0.5, 0.6) is 0 Å². The van der Waals surface area contributed by atoms with Gasteiger partial charge in [0, 0.05) is 27.6 Å². The van der Waals surface area contributed by atoms with E-state index in [-0.39, 0.29) is 0 Å². The number of benzene rings is 1. The van der Waals surface area contributed by atoms with E-state index in [1.165, 1.54) is 0 Å². The number of rotatable bonds is 4. The van der Waals surface area contributed by atoms with Gasteiger partial charge in [-0.25, -0.2) is 0 Å². The van der Waals surface area contributed by atoms with Gasteiger partial charge in [-0.1, -0.05) is 15.9 Å². The van der Waals surface area contributed by atoms with Crippen molar-refractivity contribution in [2.45, 2.75) is 12.8 Å². The minimum Gasteiger partial charge on any atom is -0.384 e. The summed E-state index contributed by atoms with van der Waals surface area (Å²) in [6.45, 7) is 0.902. The molecule has 0 atom stereocenters. The summed E-state index contributed by atoms with van der Waals surface area (Å²) in [6, 6.07) is 6.05. The molecule has 14 heavy (non-hydrogen) atoms. The molecular weight excluding hydrogens is 306 g/mol. The number of anilines is 1. The van der Waals surface area contributed by atoms with Gasteiger partial charge in [0.2, 0.25) is 0 Å². The predicted molar refractivity (Wildman–Crippen MR) is 68.4 cm³/mol. The molecule has 0 amide bonds. The third-order valence-electron chi connectivity index (χ3n) is 1.74. The zero-order chi connectivity index (χ0) is 10.4. The molecule has 0 aliphatic rings. The van der Waals surface area contributed by atoms with Crippen molar-refractivity contribution < 1.29 is 0 Å². The van der Waals surface area contributed by atoms with Gasteiger partial charge in [-0.15, -0.1) is 12.3 Å². The number of terminal acetylenes is 1. The third-order valence-corrected chi connectivity index (χ3v) is 2.93. The normalized spacial score (nSPS) is 9.50. The first kappa shape index (κ1) is 11.6. The lowest BCUT2D eigenvalue weighted by molar-refractivity contribution is 0.906. The first-order valence-electron chi connectivity index (χ1n) is 4.36. The first-order chi connectivity index (χ1) is 6.74. The fraction of sp³-hybridized carbons (Fsp3) is 0.273. The minimum absolute atomic E-state index is 0.818. The molecule has 0 heterocycles. The summed E-state index contributed by atoms with van der Waals surface area (Å²) < 4.78 is 2.14. The molecule has 0 aliphatic heterocycles. The molecule has 0 unspecified atom stereocenters. The SMILES string of the molecule is C#CCCCNc1cc(Br)ccc1Br. The lowest BCUT2D eigenvalue weighted by Gasteiger charge is -2.07. The molecule has 74 valence electrons. The molecule has 1 rings (SSSR count). The fourth-order valence-electron chi connectivity index (χ4n) is 1.05. The molecule has 0 saturated carbocycles. The monoisotopic (exact) mass is 315 g/mol. The highest BCUT2D eigenvalue weighted by molar-refractivity contribution is 9.11. The maximum atomic E-state index is 5.17. The van der Waals surface area contributed by atoms with Crippen LogP contribution in [-0.4, -0.2) is 6.54 Å². The van der Waals surface area contributed by atoms with Crippen LogP contribution in [0.3, 0.4) is 0 Å². The number of unbranched alkanes of at least 4 members (excludes halogenated alkanes) is 1. The summed E-state index contributed by atoms with van der Waals surface area (Å²) in [5.41, 5.74) is 1.09. The highest BCUT2D eigenvalue weighted by atomic mass is 79.9. The van der Waals surface area contributed by atoms with Crippen LogP contribution in [0.1, 0.15) is 12.8 Å². The quantitative estimate of drug-likeness (QED) is 0.653. The second-order valence-corrected chi connectivity index (χ2v) is 4.63. The summed E-state index contributed by atoms with van der Waals surface area (Å²) in [5.74, 6) is 2.62. The van der Waals surface area contributed by atoms with Crippen LogP contribution in [0.2, 0.25) is 0 Å². The third kappa shape index (κ3) is 3.73. The van der Waals surface area contributed by atoms with Crippen molar-refractivity contribution in [2.24, 2.45) is 0 Å². The van der Waals surface area contributed by atoms with Crippen molar-refractivity contribution in [1.29, 1.82) is 0 Å². The van der Waals surface area contributed by atoms with E-state index in [9.17, 15) is 0 Å². The standard InChI is InChI=1S/C11H11Br2N/c1-2-3-4-7-14-11-8-9(12)5-6-10(11)13/h1,5-6,8,14H,3-4,7H2. The van der Waals surface area contributed by atoms with Crippen LogP contribution in [0, 0.1) is 12.3 Å².